The lowest BCUT2D eigenvalue weighted by atomic mass is 10.0. The van der Waals surface area contributed by atoms with Crippen molar-refractivity contribution in [3.8, 4) is 11.4 Å². The summed E-state index contributed by atoms with van der Waals surface area (Å²) in [6.45, 7) is 4.18. The number of nitrogens with one attached hydrogen (secondary N) is 2. The number of likely N-dealkylation sites (tertiary alicyclic amines) is 1. The van der Waals surface area contributed by atoms with E-state index in [0.29, 0.717) is 5.92 Å². The van der Waals surface area contributed by atoms with Crippen LogP contribution in [0.5, 0.6) is 0 Å². The van der Waals surface area contributed by atoms with Crippen LogP contribution < -0.4 is 5.32 Å². The monoisotopic (exact) mass is 353 g/mol. The zero-order valence-corrected chi connectivity index (χ0v) is 15.4. The van der Waals surface area contributed by atoms with Crippen LogP contribution in [0, 0.1) is 0 Å². The van der Waals surface area contributed by atoms with E-state index in [-0.39, 0.29) is 11.9 Å². The van der Waals surface area contributed by atoms with E-state index < -0.39 is 0 Å². The quantitative estimate of drug-likeness (QED) is 0.833. The zero-order chi connectivity index (χ0) is 17.9. The van der Waals surface area contributed by atoms with Gasteiger partial charge in [-0.25, -0.2) is 4.98 Å². The normalized spacial score (nSPS) is 20.9. The summed E-state index contributed by atoms with van der Waals surface area (Å²) in [6.07, 6.45) is 6.76. The molecule has 2 aromatic rings. The second kappa shape index (κ2) is 7.58. The van der Waals surface area contributed by atoms with Crippen molar-refractivity contribution in [1.29, 1.82) is 0 Å². The van der Waals surface area contributed by atoms with Crippen LogP contribution in [0.2, 0.25) is 0 Å². The van der Waals surface area contributed by atoms with E-state index >= 15 is 0 Å². The van der Waals surface area contributed by atoms with Gasteiger partial charge >= 0.3 is 0 Å². The van der Waals surface area contributed by atoms with Gasteiger partial charge in [0, 0.05) is 17.2 Å². The first-order chi connectivity index (χ1) is 12.7. The van der Waals surface area contributed by atoms with Crippen molar-refractivity contribution >= 4 is 11.6 Å². The number of hydrogen-bond donors (Lipinski definition) is 2. The van der Waals surface area contributed by atoms with Crippen LogP contribution in [0.15, 0.2) is 24.3 Å². The van der Waals surface area contributed by atoms with Gasteiger partial charge in [0.15, 0.2) is 5.82 Å². The molecule has 26 heavy (non-hydrogen) atoms. The summed E-state index contributed by atoms with van der Waals surface area (Å²) in [5.41, 5.74) is 1.80. The number of amides is 1. The van der Waals surface area contributed by atoms with Crippen LogP contribution in [0.1, 0.15) is 57.2 Å². The molecule has 0 bridgehead atoms. The molecule has 4 rings (SSSR count). The number of H-pyrrole nitrogens is 1. The minimum atomic E-state index is -0.00233. The van der Waals surface area contributed by atoms with Crippen LogP contribution >= 0.6 is 0 Å². The molecule has 1 aliphatic carbocycles. The average Bonchev–Trinajstić information content (AvgIpc) is 3.40. The van der Waals surface area contributed by atoms with Crippen molar-refractivity contribution < 1.29 is 4.79 Å². The lowest BCUT2D eigenvalue weighted by molar-refractivity contribution is -0.122. The second-order valence-electron chi connectivity index (χ2n) is 7.43. The maximum absolute atomic E-state index is 12.7. The number of nitrogens with zero attached hydrogens (tertiary/aromatic N) is 3. The molecule has 1 aliphatic heterocycles. The van der Waals surface area contributed by atoms with Crippen molar-refractivity contribution in [2.75, 3.05) is 18.4 Å². The standard InChI is InChI=1S/C20H27N5O/c1-2-12-25-13-4-3-5-17(25)20(26)21-16-10-8-15(9-11-16)19-22-18(23-24-19)14-6-7-14/h8-11,14,17H,2-7,12-13H2,1H3,(H,21,26)(H,22,23,24). The molecule has 0 spiro atoms. The van der Waals surface area contributed by atoms with Gasteiger partial charge in [-0.3, -0.25) is 14.8 Å². The van der Waals surface area contributed by atoms with Crippen molar-refractivity contribution in [2.24, 2.45) is 0 Å². The molecule has 0 radical (unpaired) electrons. The van der Waals surface area contributed by atoms with Crippen LogP contribution in [0.3, 0.4) is 0 Å². The molecule has 2 fully saturated rings. The number of hydrogen-bond acceptors (Lipinski definition) is 4. The van der Waals surface area contributed by atoms with Crippen molar-refractivity contribution in [3.63, 3.8) is 0 Å². The summed E-state index contributed by atoms with van der Waals surface area (Å²) < 4.78 is 0. The Morgan fingerprint density at radius 3 is 2.77 bits per heavy atom. The lowest BCUT2D eigenvalue weighted by Gasteiger charge is -2.34. The molecule has 1 atom stereocenters. The number of rotatable bonds is 6. The molecule has 6 heteroatoms. The third-order valence-corrected chi connectivity index (χ3v) is 5.30. The molecular formula is C20H27N5O. The number of carbonyl (C=O) groups is 1. The molecule has 6 nitrogen and oxygen atoms in total. The number of benzene rings is 1. The molecule has 1 saturated carbocycles. The first kappa shape index (κ1) is 17.2. The highest BCUT2D eigenvalue weighted by atomic mass is 16.2. The van der Waals surface area contributed by atoms with Crippen LogP contribution in [0.25, 0.3) is 11.4 Å². The molecule has 1 aromatic carbocycles. The molecule has 2 aliphatic rings. The Balaban J connectivity index is 1.40. The molecule has 1 unspecified atom stereocenters. The molecular weight excluding hydrogens is 326 g/mol. The van der Waals surface area contributed by atoms with Gasteiger partial charge in [-0.2, -0.15) is 5.10 Å². The Kier molecular flexibility index (Phi) is 5.02. The molecule has 2 heterocycles. The van der Waals surface area contributed by atoms with Crippen molar-refractivity contribution in [1.82, 2.24) is 20.1 Å². The number of anilines is 1. The Morgan fingerprint density at radius 2 is 2.04 bits per heavy atom. The third kappa shape index (κ3) is 3.80. The number of piperidine rings is 1. The summed E-state index contributed by atoms with van der Waals surface area (Å²) in [5, 5.41) is 10.4. The van der Waals surface area contributed by atoms with Gasteiger partial charge in [0.05, 0.1) is 6.04 Å². The Hall–Kier alpha value is -2.21. The average molecular weight is 353 g/mol. The van der Waals surface area contributed by atoms with Gasteiger partial charge in [-0.05, 0) is 69.5 Å². The summed E-state index contributed by atoms with van der Waals surface area (Å²) in [6, 6.07) is 7.82. The van der Waals surface area contributed by atoms with E-state index in [1.165, 1.54) is 19.3 Å². The summed E-state index contributed by atoms with van der Waals surface area (Å²) >= 11 is 0. The summed E-state index contributed by atoms with van der Waals surface area (Å²) in [4.78, 5) is 19.6. The maximum Gasteiger partial charge on any atom is 0.241 e. The van der Waals surface area contributed by atoms with Crippen molar-refractivity contribution in [2.45, 2.75) is 57.4 Å². The van der Waals surface area contributed by atoms with Crippen molar-refractivity contribution in [3.05, 3.63) is 30.1 Å². The predicted molar refractivity (Wildman–Crippen MR) is 102 cm³/mol. The molecule has 1 aromatic heterocycles. The van der Waals surface area contributed by atoms with E-state index in [2.05, 4.69) is 32.3 Å². The molecule has 2 N–H and O–H groups in total. The highest BCUT2D eigenvalue weighted by Gasteiger charge is 2.28. The van der Waals surface area contributed by atoms with Gasteiger partial charge in [-0.15, -0.1) is 0 Å². The maximum atomic E-state index is 12.7. The SMILES string of the molecule is CCCN1CCCCC1C(=O)Nc1ccc(-c2n[nH]c(C3CC3)n2)cc1. The Labute approximate surface area is 154 Å². The largest absolute Gasteiger partial charge is 0.325 e. The highest BCUT2D eigenvalue weighted by Crippen LogP contribution is 2.38. The van der Waals surface area contributed by atoms with Gasteiger partial charge in [0.25, 0.3) is 0 Å². The third-order valence-electron chi connectivity index (χ3n) is 5.30. The second-order valence-corrected chi connectivity index (χ2v) is 7.43. The predicted octanol–water partition coefficient (Wildman–Crippen LogP) is 3.55. The van der Waals surface area contributed by atoms with Crippen LogP contribution in [-0.2, 0) is 4.79 Å². The minimum absolute atomic E-state index is 0.00233. The molecule has 138 valence electrons. The Bertz CT molecular complexity index is 748. The van der Waals surface area contributed by atoms with Crippen LogP contribution in [0.4, 0.5) is 5.69 Å². The summed E-state index contributed by atoms with van der Waals surface area (Å²) in [7, 11) is 0. The summed E-state index contributed by atoms with van der Waals surface area (Å²) in [5.74, 6) is 2.40. The topological polar surface area (TPSA) is 73.9 Å². The fourth-order valence-corrected chi connectivity index (χ4v) is 3.71. The first-order valence-corrected chi connectivity index (χ1v) is 9.82. The van der Waals surface area contributed by atoms with E-state index in [9.17, 15) is 4.79 Å². The van der Waals surface area contributed by atoms with E-state index in [1.807, 2.05) is 24.3 Å². The molecule has 1 saturated heterocycles. The number of aromatic nitrogens is 3. The Morgan fingerprint density at radius 1 is 1.23 bits per heavy atom. The van der Waals surface area contributed by atoms with Crippen LogP contribution in [-0.4, -0.2) is 45.1 Å². The van der Waals surface area contributed by atoms with Gasteiger partial charge in [0.1, 0.15) is 5.82 Å². The number of aromatic amines is 1. The minimum Gasteiger partial charge on any atom is -0.325 e. The van der Waals surface area contributed by atoms with E-state index in [0.717, 1.165) is 55.3 Å². The highest BCUT2D eigenvalue weighted by molar-refractivity contribution is 5.95. The van der Waals surface area contributed by atoms with Gasteiger partial charge in [-0.1, -0.05) is 13.3 Å². The lowest BCUT2D eigenvalue weighted by Crippen LogP contribution is -2.47. The smallest absolute Gasteiger partial charge is 0.241 e. The number of carbonyl (C=O) groups excluding carboxylic acids is 1. The fraction of sp³-hybridized carbons (Fsp3) is 0.550. The fourth-order valence-electron chi connectivity index (χ4n) is 3.71. The van der Waals surface area contributed by atoms with E-state index in [1.54, 1.807) is 0 Å². The first-order valence-electron chi connectivity index (χ1n) is 9.82. The van der Waals surface area contributed by atoms with Gasteiger partial charge in [0.2, 0.25) is 5.91 Å². The van der Waals surface area contributed by atoms with E-state index in [4.69, 9.17) is 0 Å². The molecule has 1 amide bonds. The zero-order valence-electron chi connectivity index (χ0n) is 15.4. The van der Waals surface area contributed by atoms with Gasteiger partial charge < -0.3 is 5.32 Å².